The van der Waals surface area contributed by atoms with Gasteiger partial charge in [-0.3, -0.25) is 29.4 Å². The van der Waals surface area contributed by atoms with Crippen LogP contribution in [0.3, 0.4) is 0 Å². The van der Waals surface area contributed by atoms with Crippen LogP contribution in [0.1, 0.15) is 31.0 Å². The van der Waals surface area contributed by atoms with E-state index in [1.807, 2.05) is 6.92 Å². The average Bonchev–Trinajstić information content (AvgIpc) is 3.42. The van der Waals surface area contributed by atoms with E-state index >= 15 is 0 Å². The first-order valence-corrected chi connectivity index (χ1v) is 14.0. The fourth-order valence-corrected chi connectivity index (χ4v) is 5.55. The molecule has 14 nitrogen and oxygen atoms in total. The number of ether oxygens (including phenoxy) is 1. The van der Waals surface area contributed by atoms with Gasteiger partial charge in [0.05, 0.1) is 4.92 Å². The molecule has 2 aromatic rings. The number of thioether (sulfide) groups is 1. The summed E-state index contributed by atoms with van der Waals surface area (Å²) in [5, 5.41) is 21.0. The van der Waals surface area contributed by atoms with Crippen LogP contribution in [0.4, 0.5) is 10.8 Å². The third kappa shape index (κ3) is 6.45. The number of carbonyl (C=O) groups is 4. The molecule has 2 N–H and O–H groups in total. The molecule has 4 rings (SSSR count). The van der Waals surface area contributed by atoms with Crippen LogP contribution in [0.5, 0.6) is 0 Å². The minimum atomic E-state index is -0.935. The van der Waals surface area contributed by atoms with Crippen molar-refractivity contribution in [1.29, 1.82) is 0 Å². The predicted molar refractivity (Wildman–Crippen MR) is 145 cm³/mol. The van der Waals surface area contributed by atoms with Gasteiger partial charge in [0.25, 0.3) is 17.5 Å². The number of thiazole rings is 1. The Morgan fingerprint density at radius 1 is 1.32 bits per heavy atom. The lowest BCUT2D eigenvalue weighted by molar-refractivity contribution is -0.384. The number of hydrogen-bond acceptors (Lipinski definition) is 12. The van der Waals surface area contributed by atoms with Crippen LogP contribution in [0.2, 0.25) is 0 Å². The standard InChI is InChI=1S/C24H24N6O8S2/c1-2-3-9-38-28-18(16-12-40-24(26-16)25-13-31)20(32)27-19-21(33)29-17(8-10-39-22(19)29)23(34)37-11-14-4-6-15(7-5-14)30(35)36/h4-8,12-13,19,22H,2-3,9-11H2,1H3,(H,27,32)(H,25,26,31)/t19?,22-/m1/s1. The van der Waals surface area contributed by atoms with Gasteiger partial charge in [0.1, 0.15) is 36.0 Å². The summed E-state index contributed by atoms with van der Waals surface area (Å²) < 4.78 is 5.33. The molecule has 40 heavy (non-hydrogen) atoms. The number of fused-ring (bicyclic) bond motifs is 1. The minimum Gasteiger partial charge on any atom is -0.456 e. The monoisotopic (exact) mass is 588 g/mol. The Morgan fingerprint density at radius 2 is 2.10 bits per heavy atom. The second kappa shape index (κ2) is 13.2. The van der Waals surface area contributed by atoms with Gasteiger partial charge in [-0.05, 0) is 30.2 Å². The number of nitro groups is 1. The molecular weight excluding hydrogens is 564 g/mol. The molecule has 0 saturated carbocycles. The zero-order valence-corrected chi connectivity index (χ0v) is 22.7. The van der Waals surface area contributed by atoms with Gasteiger partial charge in [0.15, 0.2) is 10.8 Å². The number of β-lactam (4-membered cyclic amide) rings is 1. The molecule has 0 bridgehead atoms. The summed E-state index contributed by atoms with van der Waals surface area (Å²) in [6.07, 6.45) is 3.61. The van der Waals surface area contributed by atoms with E-state index in [1.165, 1.54) is 46.3 Å². The normalized spacial score (nSPS) is 18.1. The van der Waals surface area contributed by atoms with Crippen molar-refractivity contribution in [1.82, 2.24) is 15.2 Å². The maximum Gasteiger partial charge on any atom is 0.355 e. The van der Waals surface area contributed by atoms with Crippen LogP contribution in [0, 0.1) is 10.1 Å². The largest absolute Gasteiger partial charge is 0.456 e. The Hall–Kier alpha value is -4.31. The number of benzene rings is 1. The van der Waals surface area contributed by atoms with Crippen LogP contribution < -0.4 is 10.6 Å². The quantitative estimate of drug-likeness (QED) is 0.0669. The van der Waals surface area contributed by atoms with E-state index in [-0.39, 0.29) is 41.1 Å². The van der Waals surface area contributed by atoms with Gasteiger partial charge in [0.2, 0.25) is 6.41 Å². The van der Waals surface area contributed by atoms with Gasteiger partial charge in [-0.2, -0.15) is 0 Å². The lowest BCUT2D eigenvalue weighted by Crippen LogP contribution is -2.70. The number of non-ortho nitro benzene ring substituents is 1. The third-order valence-electron chi connectivity index (χ3n) is 5.75. The smallest absolute Gasteiger partial charge is 0.355 e. The zero-order chi connectivity index (χ0) is 28.6. The van der Waals surface area contributed by atoms with Crippen LogP contribution in [-0.4, -0.2) is 68.5 Å². The molecule has 0 radical (unpaired) electrons. The van der Waals surface area contributed by atoms with E-state index in [9.17, 15) is 29.3 Å². The maximum atomic E-state index is 13.2. The number of nitro benzene ring substituents is 1. The Bertz CT molecular complexity index is 1360. The van der Waals surface area contributed by atoms with Crippen molar-refractivity contribution >= 4 is 63.8 Å². The van der Waals surface area contributed by atoms with E-state index in [2.05, 4.69) is 20.8 Å². The Kier molecular flexibility index (Phi) is 9.44. The summed E-state index contributed by atoms with van der Waals surface area (Å²) >= 11 is 2.45. The average molecular weight is 589 g/mol. The number of anilines is 1. The first kappa shape index (κ1) is 28.7. The van der Waals surface area contributed by atoms with E-state index in [0.29, 0.717) is 17.7 Å². The molecule has 0 aliphatic carbocycles. The van der Waals surface area contributed by atoms with Gasteiger partial charge >= 0.3 is 5.97 Å². The fraction of sp³-hybridized carbons (Fsp3) is 0.333. The number of nitrogens with zero attached hydrogens (tertiary/aromatic N) is 4. The number of oxime groups is 1. The van der Waals surface area contributed by atoms with Crippen LogP contribution in [0.25, 0.3) is 0 Å². The Balaban J connectivity index is 1.40. The Morgan fingerprint density at radius 3 is 2.80 bits per heavy atom. The van der Waals surface area contributed by atoms with Gasteiger partial charge in [-0.1, -0.05) is 18.5 Å². The highest BCUT2D eigenvalue weighted by Crippen LogP contribution is 2.38. The molecule has 0 spiro atoms. The molecule has 1 unspecified atom stereocenters. The highest BCUT2D eigenvalue weighted by molar-refractivity contribution is 8.00. The van der Waals surface area contributed by atoms with Crippen molar-refractivity contribution in [2.24, 2.45) is 5.16 Å². The molecule has 2 atom stereocenters. The number of amides is 3. The first-order valence-electron chi connectivity index (χ1n) is 12.1. The molecule has 210 valence electrons. The van der Waals surface area contributed by atoms with Crippen molar-refractivity contribution < 1.29 is 33.7 Å². The number of hydrogen-bond donors (Lipinski definition) is 2. The second-order valence-electron chi connectivity index (χ2n) is 8.40. The molecule has 1 saturated heterocycles. The number of carbonyl (C=O) groups excluding carboxylic acids is 4. The minimum absolute atomic E-state index is 0.0574. The summed E-state index contributed by atoms with van der Waals surface area (Å²) in [5.41, 5.74) is 0.526. The molecule has 3 heterocycles. The van der Waals surface area contributed by atoms with Crippen LogP contribution >= 0.6 is 23.1 Å². The number of unbranched alkanes of at least 4 members (excludes halogenated alkanes) is 1. The number of esters is 1. The number of rotatable bonds is 13. The highest BCUT2D eigenvalue weighted by Gasteiger charge is 2.53. The molecule has 2 aliphatic heterocycles. The molecule has 16 heteroatoms. The van der Waals surface area contributed by atoms with E-state index in [0.717, 1.165) is 24.2 Å². The lowest BCUT2D eigenvalue weighted by Gasteiger charge is -2.48. The van der Waals surface area contributed by atoms with Crippen molar-refractivity contribution in [3.63, 3.8) is 0 Å². The maximum absolute atomic E-state index is 13.2. The first-order chi connectivity index (χ1) is 19.3. The number of nitrogens with one attached hydrogen (secondary N) is 2. The van der Waals surface area contributed by atoms with Crippen LogP contribution in [-0.2, 0) is 35.4 Å². The van der Waals surface area contributed by atoms with Crippen LogP contribution in [0.15, 0.2) is 46.6 Å². The summed E-state index contributed by atoms with van der Waals surface area (Å²) in [5.74, 6) is -1.53. The summed E-state index contributed by atoms with van der Waals surface area (Å²) in [6.45, 7) is 2.12. The third-order valence-corrected chi connectivity index (χ3v) is 7.71. The molecule has 1 aromatic carbocycles. The zero-order valence-electron chi connectivity index (χ0n) is 21.1. The second-order valence-corrected chi connectivity index (χ2v) is 10.4. The summed E-state index contributed by atoms with van der Waals surface area (Å²) in [6, 6.07) is 4.63. The fourth-order valence-electron chi connectivity index (χ4n) is 3.70. The molecule has 1 aromatic heterocycles. The van der Waals surface area contributed by atoms with Crippen molar-refractivity contribution in [3.8, 4) is 0 Å². The van der Waals surface area contributed by atoms with Crippen molar-refractivity contribution in [2.45, 2.75) is 37.8 Å². The molecule has 3 amide bonds. The SMILES string of the molecule is CCCCON=C(C(=O)NC1C(=O)N2C(C(=O)OCc3ccc([N+](=O)[O-])cc3)=CCS[C@H]12)c1csc(NC=O)n1. The van der Waals surface area contributed by atoms with E-state index in [4.69, 9.17) is 9.57 Å². The van der Waals surface area contributed by atoms with Crippen molar-refractivity contribution in [2.75, 3.05) is 17.7 Å². The highest BCUT2D eigenvalue weighted by atomic mass is 32.2. The topological polar surface area (TPSA) is 182 Å². The summed E-state index contributed by atoms with van der Waals surface area (Å²) in [4.78, 5) is 70.7. The van der Waals surface area contributed by atoms with Gasteiger partial charge in [0, 0.05) is 23.3 Å². The van der Waals surface area contributed by atoms with E-state index < -0.39 is 34.1 Å². The molecule has 2 aliphatic rings. The van der Waals surface area contributed by atoms with E-state index in [1.54, 1.807) is 6.08 Å². The lowest BCUT2D eigenvalue weighted by atomic mass is 10.0. The predicted octanol–water partition coefficient (Wildman–Crippen LogP) is 2.17. The Labute approximate surface area is 235 Å². The van der Waals surface area contributed by atoms with Gasteiger partial charge < -0.3 is 20.2 Å². The number of aromatic nitrogens is 1. The summed E-state index contributed by atoms with van der Waals surface area (Å²) in [7, 11) is 0. The van der Waals surface area contributed by atoms with Gasteiger partial charge in [-0.15, -0.1) is 23.1 Å². The molecular formula is C24H24N6O8S2. The van der Waals surface area contributed by atoms with Gasteiger partial charge in [-0.25, -0.2) is 9.78 Å². The molecule has 1 fully saturated rings. The van der Waals surface area contributed by atoms with Crippen molar-refractivity contribution in [3.05, 3.63) is 62.8 Å².